The Labute approximate surface area is 241 Å². The van der Waals surface area contributed by atoms with Crippen LogP contribution in [-0.2, 0) is 28.5 Å². The summed E-state index contributed by atoms with van der Waals surface area (Å²) in [4.78, 5) is 31.7. The van der Waals surface area contributed by atoms with Gasteiger partial charge in [-0.25, -0.2) is 4.39 Å². The molecule has 0 aliphatic carbocycles. The molecule has 3 rings (SSSR count). The van der Waals surface area contributed by atoms with Crippen LogP contribution in [0.25, 0.3) is 0 Å². The van der Waals surface area contributed by atoms with Crippen LogP contribution in [0.1, 0.15) is 60.4 Å². The number of hydrogen-bond acceptors (Lipinski definition) is 3. The Bertz CT molecular complexity index is 1230. The fraction of sp³-hybridized carbons (Fsp3) is 0.533. The molecule has 2 amide bonds. The van der Waals surface area contributed by atoms with E-state index in [2.05, 4.69) is 4.90 Å². The maximum absolute atomic E-state index is 13.9. The van der Waals surface area contributed by atoms with Crippen LogP contribution in [0.3, 0.4) is 0 Å². The number of benzene rings is 2. The van der Waals surface area contributed by atoms with Crippen molar-refractivity contribution in [2.75, 3.05) is 39.8 Å². The molecule has 0 bridgehead atoms. The SMILES string of the molecule is CCN(CC)CCC(=O)N1CC[C@@H](C(=O)N(C)Cc2cc(C(F)(F)F)cc(C(F)(F)F)c2)[C@H](c2ccc(F)cc2C)C1. The molecular formula is C30H36F7N3O2. The van der Waals surface area contributed by atoms with Gasteiger partial charge in [-0.3, -0.25) is 9.59 Å². The van der Waals surface area contributed by atoms with E-state index in [1.54, 1.807) is 17.9 Å². The van der Waals surface area contributed by atoms with Crippen LogP contribution in [0.2, 0.25) is 0 Å². The Hall–Kier alpha value is -3.15. The van der Waals surface area contributed by atoms with Gasteiger partial charge in [0, 0.05) is 51.5 Å². The molecule has 5 nitrogen and oxygen atoms in total. The van der Waals surface area contributed by atoms with Crippen LogP contribution in [-0.4, -0.2) is 66.3 Å². The summed E-state index contributed by atoms with van der Waals surface area (Å²) in [5.74, 6) is -2.30. The zero-order valence-electron chi connectivity index (χ0n) is 24.1. The molecule has 0 radical (unpaired) electrons. The minimum atomic E-state index is -5.01. The van der Waals surface area contributed by atoms with E-state index in [0.717, 1.165) is 18.0 Å². The predicted molar refractivity (Wildman–Crippen MR) is 144 cm³/mol. The molecule has 2 aromatic carbocycles. The number of carbonyl (C=O) groups excluding carboxylic acids is 2. The van der Waals surface area contributed by atoms with E-state index in [1.165, 1.54) is 19.2 Å². The summed E-state index contributed by atoms with van der Waals surface area (Å²) in [7, 11) is 1.33. The summed E-state index contributed by atoms with van der Waals surface area (Å²) < 4.78 is 94.1. The smallest absolute Gasteiger partial charge is 0.342 e. The summed E-state index contributed by atoms with van der Waals surface area (Å²) >= 11 is 0. The van der Waals surface area contributed by atoms with Crippen molar-refractivity contribution in [1.82, 2.24) is 14.7 Å². The van der Waals surface area contributed by atoms with Crippen LogP contribution in [0.4, 0.5) is 30.7 Å². The van der Waals surface area contributed by atoms with E-state index in [-0.39, 0.29) is 43.5 Å². The van der Waals surface area contributed by atoms with Crippen LogP contribution in [0.5, 0.6) is 0 Å². The summed E-state index contributed by atoms with van der Waals surface area (Å²) in [6.07, 6.45) is -9.49. The normalized spacial score (nSPS) is 18.0. The first-order valence-electron chi connectivity index (χ1n) is 13.8. The molecule has 12 heteroatoms. The van der Waals surface area contributed by atoms with Gasteiger partial charge in [-0.05, 0) is 73.5 Å². The van der Waals surface area contributed by atoms with Gasteiger partial charge in [0.15, 0.2) is 0 Å². The van der Waals surface area contributed by atoms with E-state index in [0.29, 0.717) is 29.8 Å². The van der Waals surface area contributed by atoms with Gasteiger partial charge in [-0.2, -0.15) is 26.3 Å². The molecule has 1 saturated heterocycles. The maximum Gasteiger partial charge on any atom is 0.416 e. The summed E-state index contributed by atoms with van der Waals surface area (Å²) in [5.41, 5.74) is -1.99. The average molecular weight is 604 g/mol. The second-order valence-corrected chi connectivity index (χ2v) is 10.7. The lowest BCUT2D eigenvalue weighted by atomic mass is 9.78. The summed E-state index contributed by atoms with van der Waals surface area (Å²) in [6, 6.07) is 5.40. The molecule has 232 valence electrons. The van der Waals surface area contributed by atoms with Crippen molar-refractivity contribution in [1.29, 1.82) is 0 Å². The Morgan fingerprint density at radius 3 is 2.07 bits per heavy atom. The molecule has 2 atom stereocenters. The quantitative estimate of drug-likeness (QED) is 0.308. The van der Waals surface area contributed by atoms with Gasteiger partial charge in [0.1, 0.15) is 5.82 Å². The van der Waals surface area contributed by atoms with Crippen molar-refractivity contribution in [3.8, 4) is 0 Å². The lowest BCUT2D eigenvalue weighted by Gasteiger charge is -2.40. The minimum absolute atomic E-state index is 0.0473. The zero-order valence-corrected chi connectivity index (χ0v) is 24.1. The Balaban J connectivity index is 1.88. The summed E-state index contributed by atoms with van der Waals surface area (Å²) in [6.45, 7) is 7.80. The van der Waals surface area contributed by atoms with Crippen molar-refractivity contribution < 1.29 is 40.3 Å². The number of halogens is 7. The highest BCUT2D eigenvalue weighted by Gasteiger charge is 2.40. The molecule has 0 spiro atoms. The fourth-order valence-electron chi connectivity index (χ4n) is 5.54. The molecule has 0 aromatic heterocycles. The number of hydrogen-bond donors (Lipinski definition) is 0. The van der Waals surface area contributed by atoms with Crippen molar-refractivity contribution in [3.05, 3.63) is 70.0 Å². The topological polar surface area (TPSA) is 43.9 Å². The molecule has 1 aliphatic rings. The largest absolute Gasteiger partial charge is 0.416 e. The molecular weight excluding hydrogens is 567 g/mol. The first kappa shape index (κ1) is 33.4. The predicted octanol–water partition coefficient (Wildman–Crippen LogP) is 6.49. The number of aryl methyl sites for hydroxylation is 1. The van der Waals surface area contributed by atoms with Gasteiger partial charge >= 0.3 is 12.4 Å². The van der Waals surface area contributed by atoms with Crippen molar-refractivity contribution in [3.63, 3.8) is 0 Å². The number of likely N-dealkylation sites (tertiary alicyclic amines) is 1. The average Bonchev–Trinajstić information content (AvgIpc) is 2.91. The van der Waals surface area contributed by atoms with Gasteiger partial charge in [-0.1, -0.05) is 19.9 Å². The third-order valence-corrected chi connectivity index (χ3v) is 7.89. The molecule has 0 unspecified atom stereocenters. The lowest BCUT2D eigenvalue weighted by molar-refractivity contribution is -0.143. The number of amides is 2. The Kier molecular flexibility index (Phi) is 10.7. The Morgan fingerprint density at radius 1 is 0.952 bits per heavy atom. The molecule has 42 heavy (non-hydrogen) atoms. The van der Waals surface area contributed by atoms with E-state index in [1.807, 2.05) is 13.8 Å². The molecule has 1 heterocycles. The monoisotopic (exact) mass is 603 g/mol. The van der Waals surface area contributed by atoms with Crippen LogP contribution >= 0.6 is 0 Å². The van der Waals surface area contributed by atoms with E-state index < -0.39 is 53.6 Å². The third kappa shape index (κ3) is 8.23. The van der Waals surface area contributed by atoms with Gasteiger partial charge in [0.2, 0.25) is 11.8 Å². The zero-order chi connectivity index (χ0) is 31.4. The molecule has 0 N–H and O–H groups in total. The third-order valence-electron chi connectivity index (χ3n) is 7.89. The minimum Gasteiger partial charge on any atom is -0.342 e. The fourth-order valence-corrected chi connectivity index (χ4v) is 5.54. The number of piperidine rings is 1. The molecule has 1 aliphatic heterocycles. The van der Waals surface area contributed by atoms with E-state index >= 15 is 0 Å². The van der Waals surface area contributed by atoms with Gasteiger partial charge < -0.3 is 14.7 Å². The van der Waals surface area contributed by atoms with Gasteiger partial charge in [0.25, 0.3) is 0 Å². The standard InChI is InChI=1S/C30H36F7N3O2/c1-5-39(6-2)11-10-27(41)40-12-9-25(26(18-40)24-8-7-23(31)13-19(24)3)28(42)38(4)17-20-14-21(29(32,33)34)16-22(15-20)30(35,36)37/h7-8,13-16,25-26H,5-6,9-12,17-18H2,1-4H3/t25-,26+/m1/s1. The molecule has 2 aromatic rings. The number of rotatable bonds is 9. The van der Waals surface area contributed by atoms with E-state index in [4.69, 9.17) is 0 Å². The molecule has 1 fully saturated rings. The highest BCUT2D eigenvalue weighted by atomic mass is 19.4. The first-order valence-corrected chi connectivity index (χ1v) is 13.8. The van der Waals surface area contributed by atoms with Crippen LogP contribution in [0.15, 0.2) is 36.4 Å². The van der Waals surface area contributed by atoms with Crippen LogP contribution in [0, 0.1) is 18.7 Å². The second kappa shape index (κ2) is 13.4. The van der Waals surface area contributed by atoms with Crippen molar-refractivity contribution in [2.45, 2.75) is 58.4 Å². The van der Waals surface area contributed by atoms with Gasteiger partial charge in [-0.15, -0.1) is 0 Å². The van der Waals surface area contributed by atoms with Crippen LogP contribution < -0.4 is 0 Å². The summed E-state index contributed by atoms with van der Waals surface area (Å²) in [5, 5.41) is 0. The highest BCUT2D eigenvalue weighted by Crippen LogP contribution is 2.38. The molecule has 0 saturated carbocycles. The van der Waals surface area contributed by atoms with Gasteiger partial charge in [0.05, 0.1) is 11.1 Å². The first-order chi connectivity index (χ1) is 19.5. The maximum atomic E-state index is 13.9. The van der Waals surface area contributed by atoms with E-state index in [9.17, 15) is 40.3 Å². The highest BCUT2D eigenvalue weighted by molar-refractivity contribution is 5.81. The second-order valence-electron chi connectivity index (χ2n) is 10.7. The number of alkyl halides is 6. The number of nitrogens with zero attached hydrogens (tertiary/aromatic N) is 3. The Morgan fingerprint density at radius 2 is 1.55 bits per heavy atom. The van der Waals surface area contributed by atoms with Crippen molar-refractivity contribution >= 4 is 11.8 Å². The number of carbonyl (C=O) groups is 2. The van der Waals surface area contributed by atoms with Crippen molar-refractivity contribution in [2.24, 2.45) is 5.92 Å². The lowest BCUT2D eigenvalue weighted by Crippen LogP contribution is -2.48.